The summed E-state index contributed by atoms with van der Waals surface area (Å²) in [5.74, 6) is 0.0270. The summed E-state index contributed by atoms with van der Waals surface area (Å²) >= 11 is 0. The molecular weight excluding hydrogens is 472 g/mol. The normalized spacial score (nSPS) is 14.6. The van der Waals surface area contributed by atoms with Crippen LogP contribution in [0.15, 0.2) is 97.2 Å². The molecule has 6 rings (SSSR count). The zero-order valence-electron chi connectivity index (χ0n) is 20.0. The number of rotatable bonds is 3. The number of aryl methyl sites for hydroxylation is 1. The second-order valence-corrected chi connectivity index (χ2v) is 8.96. The van der Waals surface area contributed by atoms with Crippen LogP contribution in [0.3, 0.4) is 0 Å². The van der Waals surface area contributed by atoms with Crippen molar-refractivity contribution >= 4 is 11.7 Å². The van der Waals surface area contributed by atoms with E-state index in [1.165, 1.54) is 24.3 Å². The summed E-state index contributed by atoms with van der Waals surface area (Å²) in [5.41, 5.74) is 4.46. The van der Waals surface area contributed by atoms with Crippen LogP contribution in [0.5, 0.6) is 0 Å². The number of hydrogen-bond acceptors (Lipinski definition) is 2. The summed E-state index contributed by atoms with van der Waals surface area (Å²) in [6.45, 7) is 2.15. The molecule has 1 aliphatic heterocycles. The van der Waals surface area contributed by atoms with Crippen LogP contribution in [0, 0.1) is 18.6 Å². The van der Waals surface area contributed by atoms with E-state index in [-0.39, 0.29) is 12.4 Å². The first-order valence-electron chi connectivity index (χ1n) is 11.9. The number of amides is 2. The van der Waals surface area contributed by atoms with E-state index in [9.17, 15) is 13.6 Å². The Balaban J connectivity index is 1.53. The van der Waals surface area contributed by atoms with E-state index in [4.69, 9.17) is 5.10 Å². The molecule has 0 saturated heterocycles. The summed E-state index contributed by atoms with van der Waals surface area (Å²) in [6, 6.07) is 24.6. The van der Waals surface area contributed by atoms with Gasteiger partial charge in [-0.05, 0) is 67.1 Å². The second kappa shape index (κ2) is 9.05. The Morgan fingerprint density at radius 2 is 1.70 bits per heavy atom. The second-order valence-electron chi connectivity index (χ2n) is 8.96. The van der Waals surface area contributed by atoms with E-state index < -0.39 is 17.9 Å². The highest BCUT2D eigenvalue weighted by Gasteiger charge is 2.36. The van der Waals surface area contributed by atoms with Gasteiger partial charge in [-0.15, -0.1) is 0 Å². The van der Waals surface area contributed by atoms with Crippen LogP contribution >= 0.6 is 0 Å². The lowest BCUT2D eigenvalue weighted by molar-refractivity contribution is 0.194. The summed E-state index contributed by atoms with van der Waals surface area (Å²) < 4.78 is 31.6. The van der Waals surface area contributed by atoms with Gasteiger partial charge in [0, 0.05) is 17.4 Å². The van der Waals surface area contributed by atoms with Gasteiger partial charge in [0.2, 0.25) is 0 Å². The summed E-state index contributed by atoms with van der Waals surface area (Å²) in [5, 5.41) is 7.66. The van der Waals surface area contributed by atoms with Crippen LogP contribution in [-0.4, -0.2) is 25.3 Å². The summed E-state index contributed by atoms with van der Waals surface area (Å²) in [7, 11) is 0. The van der Waals surface area contributed by atoms with Crippen LogP contribution in [0.1, 0.15) is 28.6 Å². The molecule has 37 heavy (non-hydrogen) atoms. The first kappa shape index (κ1) is 22.7. The number of urea groups is 1. The highest BCUT2D eigenvalue weighted by atomic mass is 19.1. The molecule has 0 aliphatic carbocycles. The molecule has 6 nitrogen and oxygen atoms in total. The summed E-state index contributed by atoms with van der Waals surface area (Å²) in [6.07, 6.45) is 1.94. The Kier molecular flexibility index (Phi) is 5.56. The maximum Gasteiger partial charge on any atom is 0.322 e. The molecule has 3 aromatic carbocycles. The number of anilines is 1. The number of halogens is 2. The monoisotopic (exact) mass is 495 g/mol. The van der Waals surface area contributed by atoms with Crippen molar-refractivity contribution in [2.75, 3.05) is 5.32 Å². The van der Waals surface area contributed by atoms with Crippen molar-refractivity contribution in [2.45, 2.75) is 19.5 Å². The van der Waals surface area contributed by atoms with Gasteiger partial charge < -0.3 is 14.8 Å². The van der Waals surface area contributed by atoms with Gasteiger partial charge in [0.15, 0.2) is 0 Å². The molecule has 0 radical (unpaired) electrons. The average Bonchev–Trinajstić information content (AvgIpc) is 3.46. The molecule has 0 spiro atoms. The van der Waals surface area contributed by atoms with Gasteiger partial charge in [-0.25, -0.2) is 18.3 Å². The molecule has 1 N–H and O–H groups in total. The van der Waals surface area contributed by atoms with E-state index >= 15 is 0 Å². The maximum absolute atomic E-state index is 13.9. The number of aromatic nitrogens is 3. The zero-order valence-corrected chi connectivity index (χ0v) is 20.0. The molecule has 2 amide bonds. The Morgan fingerprint density at radius 1 is 0.919 bits per heavy atom. The van der Waals surface area contributed by atoms with Crippen molar-refractivity contribution in [3.8, 4) is 11.5 Å². The number of benzene rings is 3. The minimum Gasteiger partial charge on any atom is -0.308 e. The first-order chi connectivity index (χ1) is 18.0. The van der Waals surface area contributed by atoms with E-state index in [1.807, 2.05) is 64.8 Å². The van der Waals surface area contributed by atoms with Crippen LogP contribution in [0.4, 0.5) is 19.3 Å². The number of nitrogens with one attached hydrogen (secondary N) is 1. The number of hydrogen-bond donors (Lipinski definition) is 1. The van der Waals surface area contributed by atoms with Crippen LogP contribution in [0.25, 0.3) is 11.5 Å². The molecule has 1 atom stereocenters. The molecule has 0 fully saturated rings. The van der Waals surface area contributed by atoms with Gasteiger partial charge in [-0.3, -0.25) is 0 Å². The van der Waals surface area contributed by atoms with Crippen LogP contribution in [-0.2, 0) is 6.54 Å². The number of carbonyl (C=O) groups excluding carboxylic acids is 1. The van der Waals surface area contributed by atoms with Crippen LogP contribution in [0.2, 0.25) is 0 Å². The molecule has 1 unspecified atom stereocenters. The molecule has 3 heterocycles. The lowest BCUT2D eigenvalue weighted by Gasteiger charge is -2.31. The van der Waals surface area contributed by atoms with Gasteiger partial charge in [0.05, 0.1) is 29.7 Å². The molecule has 184 valence electrons. The van der Waals surface area contributed by atoms with Gasteiger partial charge in [-0.1, -0.05) is 36.4 Å². The summed E-state index contributed by atoms with van der Waals surface area (Å²) in [4.78, 5) is 15.5. The molecule has 1 aliphatic rings. The maximum atomic E-state index is 13.9. The van der Waals surface area contributed by atoms with Crippen LogP contribution < -0.4 is 5.32 Å². The minimum absolute atomic E-state index is 0.235. The predicted molar refractivity (Wildman–Crippen MR) is 137 cm³/mol. The van der Waals surface area contributed by atoms with Crippen molar-refractivity contribution < 1.29 is 13.6 Å². The van der Waals surface area contributed by atoms with Gasteiger partial charge in [-0.2, -0.15) is 5.10 Å². The third-order valence-corrected chi connectivity index (χ3v) is 6.61. The fourth-order valence-electron chi connectivity index (χ4n) is 4.91. The molecule has 0 saturated carbocycles. The smallest absolute Gasteiger partial charge is 0.308 e. The molecule has 0 bridgehead atoms. The fraction of sp³-hybridized carbons (Fsp3) is 0.103. The topological polar surface area (TPSA) is 55.1 Å². The lowest BCUT2D eigenvalue weighted by atomic mass is 10.0. The van der Waals surface area contributed by atoms with Gasteiger partial charge >= 0.3 is 6.03 Å². The molecule has 5 aromatic rings. The van der Waals surface area contributed by atoms with Gasteiger partial charge in [0.1, 0.15) is 17.5 Å². The zero-order chi connectivity index (χ0) is 25.5. The predicted octanol–water partition coefficient (Wildman–Crippen LogP) is 6.39. The number of fused-ring (bicyclic) bond motifs is 3. The van der Waals surface area contributed by atoms with E-state index in [1.54, 1.807) is 29.2 Å². The third-order valence-electron chi connectivity index (χ3n) is 6.61. The average molecular weight is 496 g/mol. The Hall–Kier alpha value is -4.72. The van der Waals surface area contributed by atoms with Crippen molar-refractivity contribution in [2.24, 2.45) is 0 Å². The highest BCUT2D eigenvalue weighted by Crippen LogP contribution is 2.38. The standard InChI is InChI=1S/C29H23F2N5O/c1-19-25-18-35(29(37)32-23-8-5-7-22(31)17-23)27(20-12-14-21(30)15-13-20)26-11-6-16-34(26)28(25)36(33-19)24-9-3-2-4-10-24/h2-17,27H,18H2,1H3,(H,32,37). The van der Waals surface area contributed by atoms with Crippen molar-refractivity contribution in [1.29, 1.82) is 0 Å². The Labute approximate surface area is 212 Å². The van der Waals surface area contributed by atoms with E-state index in [2.05, 4.69) is 5.32 Å². The largest absolute Gasteiger partial charge is 0.322 e. The third kappa shape index (κ3) is 4.06. The van der Waals surface area contributed by atoms with E-state index in [0.29, 0.717) is 5.69 Å². The van der Waals surface area contributed by atoms with E-state index in [0.717, 1.165) is 34.0 Å². The van der Waals surface area contributed by atoms with Crippen molar-refractivity contribution in [1.82, 2.24) is 19.2 Å². The molecule has 8 heteroatoms. The Bertz CT molecular complexity index is 1590. The quantitative estimate of drug-likeness (QED) is 0.316. The molecular formula is C29H23F2N5O. The number of carbonyl (C=O) groups is 1. The minimum atomic E-state index is -0.541. The number of nitrogens with zero attached hydrogens (tertiary/aromatic N) is 4. The van der Waals surface area contributed by atoms with Crippen molar-refractivity contribution in [3.63, 3.8) is 0 Å². The first-order valence-corrected chi connectivity index (χ1v) is 11.9. The SMILES string of the molecule is Cc1nn(-c2ccccc2)c2c1CN(C(=O)Nc1cccc(F)c1)C(c1ccc(F)cc1)c1cccn1-2. The number of para-hydroxylation sites is 1. The van der Waals surface area contributed by atoms with Gasteiger partial charge in [0.25, 0.3) is 0 Å². The highest BCUT2D eigenvalue weighted by molar-refractivity contribution is 5.90. The molecule has 2 aromatic heterocycles. The lowest BCUT2D eigenvalue weighted by Crippen LogP contribution is -2.38. The fourth-order valence-corrected chi connectivity index (χ4v) is 4.91. The Morgan fingerprint density at radius 3 is 2.46 bits per heavy atom. The van der Waals surface area contributed by atoms with Crippen molar-refractivity contribution in [3.05, 3.63) is 131 Å².